The average molecular weight is 724 g/mol. The van der Waals surface area contributed by atoms with Crippen molar-refractivity contribution in [3.8, 4) is 0 Å². The molecule has 4 aromatic carbocycles. The van der Waals surface area contributed by atoms with Crippen molar-refractivity contribution in [2.75, 3.05) is 6.61 Å². The fourth-order valence-corrected chi connectivity index (χ4v) is 12.0. The third kappa shape index (κ3) is 8.38. The zero-order chi connectivity index (χ0) is 36.9. The highest BCUT2D eigenvalue weighted by Crippen LogP contribution is 2.41. The molecule has 0 radical (unpaired) electrons. The Morgan fingerprint density at radius 3 is 1.90 bits per heavy atom. The van der Waals surface area contributed by atoms with Gasteiger partial charge < -0.3 is 23.4 Å². The molecule has 2 aliphatic heterocycles. The van der Waals surface area contributed by atoms with Crippen molar-refractivity contribution >= 4 is 30.6 Å². The second kappa shape index (κ2) is 15.8. The molecule has 4 aromatic rings. The number of nitrogens with zero attached hydrogens (tertiary/aromatic N) is 1. The highest BCUT2D eigenvalue weighted by molar-refractivity contribution is 6.99. The third-order valence-corrected chi connectivity index (χ3v) is 14.6. The van der Waals surface area contributed by atoms with Crippen LogP contribution in [0.2, 0.25) is 5.04 Å². The summed E-state index contributed by atoms with van der Waals surface area (Å²) in [6.07, 6.45) is -2.83. The fourth-order valence-electron chi connectivity index (χ4n) is 7.40. The SMILES string of the molecule is CC(=O)O[C@@H]1C[C@@H]([C@@H]2OC(C)(C)O[C@H]2[C@@H](CO[Si](c2ccccc2)(c2ccccc2)C(C)(C)C)OC(=O)c2ccccc2)N(Cc2ccccc2)O1. The number of benzene rings is 4. The van der Waals surface area contributed by atoms with Crippen molar-refractivity contribution in [2.45, 2.75) is 96.0 Å². The number of ether oxygens (including phenoxy) is 4. The molecule has 0 amide bonds. The van der Waals surface area contributed by atoms with Gasteiger partial charge in [0.1, 0.15) is 12.2 Å². The fraction of sp³-hybridized carbons (Fsp3) is 0.381. The van der Waals surface area contributed by atoms with Crippen LogP contribution in [0.3, 0.4) is 0 Å². The van der Waals surface area contributed by atoms with Gasteiger partial charge in [0.25, 0.3) is 8.32 Å². The topological polar surface area (TPSA) is 92.8 Å². The van der Waals surface area contributed by atoms with E-state index in [1.54, 1.807) is 29.3 Å². The van der Waals surface area contributed by atoms with Crippen LogP contribution in [0.5, 0.6) is 0 Å². The molecule has 2 aliphatic rings. The van der Waals surface area contributed by atoms with Crippen molar-refractivity contribution in [1.29, 1.82) is 0 Å². The summed E-state index contributed by atoms with van der Waals surface area (Å²) in [5.74, 6) is -1.98. The lowest BCUT2D eigenvalue weighted by atomic mass is 9.98. The van der Waals surface area contributed by atoms with Gasteiger partial charge in [0.15, 0.2) is 11.9 Å². The maximum Gasteiger partial charge on any atom is 0.338 e. The lowest BCUT2D eigenvalue weighted by Crippen LogP contribution is -2.67. The quantitative estimate of drug-likeness (QED) is 0.122. The summed E-state index contributed by atoms with van der Waals surface area (Å²) in [6, 6.07) is 39.1. The van der Waals surface area contributed by atoms with Crippen LogP contribution >= 0.6 is 0 Å². The molecule has 0 saturated carbocycles. The van der Waals surface area contributed by atoms with E-state index < -0.39 is 56.7 Å². The van der Waals surface area contributed by atoms with Crippen molar-refractivity contribution in [3.63, 3.8) is 0 Å². The number of hydrogen-bond donors (Lipinski definition) is 0. The zero-order valence-electron chi connectivity index (χ0n) is 30.8. The number of carbonyl (C=O) groups is 2. The standard InChI is InChI=1S/C42H49NO8Si/c1-30(44)47-37-27-35(43(51-37)28-31-19-11-7-12-20-31)38-39(50-42(5,6)49-38)36(48-40(45)32-21-13-8-14-22-32)29-46-52(41(2,3)4,33-23-15-9-16-24-33)34-25-17-10-18-26-34/h7-26,35-39H,27-29H2,1-6H3/t35-,36+,37-,38-,39-/m0/s1. The monoisotopic (exact) mass is 723 g/mol. The molecule has 0 aromatic heterocycles. The molecule has 6 rings (SSSR count). The van der Waals surface area contributed by atoms with Crippen LogP contribution in [0.1, 0.15) is 63.9 Å². The van der Waals surface area contributed by atoms with Gasteiger partial charge in [-0.25, -0.2) is 4.79 Å². The lowest BCUT2D eigenvalue weighted by molar-refractivity contribution is -0.246. The smallest absolute Gasteiger partial charge is 0.338 e. The number of rotatable bonds is 12. The van der Waals surface area contributed by atoms with Crippen LogP contribution in [0.15, 0.2) is 121 Å². The Morgan fingerprint density at radius 2 is 1.37 bits per heavy atom. The summed E-state index contributed by atoms with van der Waals surface area (Å²) in [7, 11) is -3.06. The second-order valence-electron chi connectivity index (χ2n) is 14.9. The van der Waals surface area contributed by atoms with Crippen LogP contribution in [0.25, 0.3) is 0 Å². The third-order valence-electron chi connectivity index (χ3n) is 9.59. The molecule has 0 N–H and O–H groups in total. The predicted octanol–water partition coefficient (Wildman–Crippen LogP) is 6.40. The normalized spacial score (nSPS) is 22.5. The first-order valence-corrected chi connectivity index (χ1v) is 19.8. The molecule has 274 valence electrons. The summed E-state index contributed by atoms with van der Waals surface area (Å²) < 4.78 is 32.7. The average Bonchev–Trinajstić information content (AvgIpc) is 3.67. The van der Waals surface area contributed by atoms with E-state index in [-0.39, 0.29) is 11.6 Å². The largest absolute Gasteiger partial charge is 0.453 e. The maximum atomic E-state index is 13.9. The van der Waals surface area contributed by atoms with Crippen molar-refractivity contribution in [1.82, 2.24) is 5.06 Å². The molecule has 0 aliphatic carbocycles. The van der Waals surface area contributed by atoms with E-state index in [9.17, 15) is 9.59 Å². The van der Waals surface area contributed by atoms with E-state index >= 15 is 0 Å². The van der Waals surface area contributed by atoms with Gasteiger partial charge in [-0.1, -0.05) is 130 Å². The summed E-state index contributed by atoms with van der Waals surface area (Å²) in [4.78, 5) is 32.2. The van der Waals surface area contributed by atoms with Crippen LogP contribution in [-0.4, -0.2) is 68.4 Å². The first-order valence-electron chi connectivity index (χ1n) is 17.9. The Bertz CT molecular complexity index is 1730. The van der Waals surface area contributed by atoms with E-state index in [1.165, 1.54) is 6.92 Å². The Balaban J connectivity index is 1.40. The minimum Gasteiger partial charge on any atom is -0.453 e. The van der Waals surface area contributed by atoms with Crippen molar-refractivity contribution in [2.24, 2.45) is 0 Å². The first-order chi connectivity index (χ1) is 24.9. The molecule has 0 spiro atoms. The van der Waals surface area contributed by atoms with Crippen LogP contribution in [-0.2, 0) is 39.6 Å². The van der Waals surface area contributed by atoms with Crippen LogP contribution in [0, 0.1) is 0 Å². The number of carbonyl (C=O) groups excluding carboxylic acids is 2. The van der Waals surface area contributed by atoms with Crippen LogP contribution in [0.4, 0.5) is 0 Å². The van der Waals surface area contributed by atoms with Crippen LogP contribution < -0.4 is 10.4 Å². The highest BCUT2D eigenvalue weighted by Gasteiger charge is 2.56. The van der Waals surface area contributed by atoms with Gasteiger partial charge in [0.05, 0.1) is 18.2 Å². The maximum absolute atomic E-state index is 13.9. The number of esters is 2. The molecule has 0 bridgehead atoms. The molecule has 2 fully saturated rings. The van der Waals surface area contributed by atoms with Crippen molar-refractivity contribution < 1.29 is 37.8 Å². The summed E-state index contributed by atoms with van der Waals surface area (Å²) in [5.41, 5.74) is 1.42. The van der Waals surface area contributed by atoms with Gasteiger partial charge in [0, 0.05) is 19.9 Å². The van der Waals surface area contributed by atoms with E-state index in [0.717, 1.165) is 15.9 Å². The number of hydroxylamine groups is 2. The highest BCUT2D eigenvalue weighted by atomic mass is 28.4. The summed E-state index contributed by atoms with van der Waals surface area (Å²) in [6.45, 7) is 12.1. The Morgan fingerprint density at radius 1 is 0.827 bits per heavy atom. The second-order valence-corrected chi connectivity index (χ2v) is 19.2. The van der Waals surface area contributed by atoms with Gasteiger partial charge in [-0.05, 0) is 47.0 Å². The molecule has 0 unspecified atom stereocenters. The predicted molar refractivity (Wildman–Crippen MR) is 200 cm³/mol. The lowest BCUT2D eigenvalue weighted by Gasteiger charge is -2.44. The Labute approximate surface area is 307 Å². The molecule has 2 saturated heterocycles. The molecule has 2 heterocycles. The Kier molecular flexibility index (Phi) is 11.4. The van der Waals surface area contributed by atoms with E-state index in [0.29, 0.717) is 18.5 Å². The molecule has 5 atom stereocenters. The molecule has 9 nitrogen and oxygen atoms in total. The van der Waals surface area contributed by atoms with E-state index in [4.69, 9.17) is 28.2 Å². The summed E-state index contributed by atoms with van der Waals surface area (Å²) >= 11 is 0. The van der Waals surface area contributed by atoms with Gasteiger partial charge >= 0.3 is 11.9 Å². The van der Waals surface area contributed by atoms with Gasteiger partial charge in [-0.2, -0.15) is 5.06 Å². The van der Waals surface area contributed by atoms with Gasteiger partial charge in [-0.15, -0.1) is 0 Å². The molecule has 10 heteroatoms. The molecular formula is C42H49NO8Si. The van der Waals surface area contributed by atoms with Gasteiger partial charge in [0.2, 0.25) is 6.29 Å². The molecular weight excluding hydrogens is 675 g/mol. The number of hydrogen-bond acceptors (Lipinski definition) is 9. The minimum absolute atomic E-state index is 0.0338. The van der Waals surface area contributed by atoms with E-state index in [2.05, 4.69) is 45.0 Å². The Hall–Kier alpha value is -4.16. The zero-order valence-corrected chi connectivity index (χ0v) is 31.8. The first kappa shape index (κ1) is 37.6. The summed E-state index contributed by atoms with van der Waals surface area (Å²) in [5, 5.41) is 3.68. The van der Waals surface area contributed by atoms with Crippen molar-refractivity contribution in [3.05, 3.63) is 132 Å². The molecule has 52 heavy (non-hydrogen) atoms. The minimum atomic E-state index is -3.06. The van der Waals surface area contributed by atoms with Gasteiger partial charge in [-0.3, -0.25) is 9.63 Å². The van der Waals surface area contributed by atoms with E-state index in [1.807, 2.05) is 86.6 Å².